The van der Waals surface area contributed by atoms with Crippen molar-refractivity contribution in [2.24, 2.45) is 0 Å². The van der Waals surface area contributed by atoms with E-state index in [2.05, 4.69) is 16.9 Å². The van der Waals surface area contributed by atoms with E-state index in [1.54, 1.807) is 25.4 Å². The van der Waals surface area contributed by atoms with Crippen LogP contribution in [0.15, 0.2) is 35.3 Å². The van der Waals surface area contributed by atoms with Crippen LogP contribution >= 0.6 is 0 Å². The van der Waals surface area contributed by atoms with Gasteiger partial charge in [-0.3, -0.25) is 4.79 Å². The van der Waals surface area contributed by atoms with Gasteiger partial charge in [0.2, 0.25) is 0 Å². The Labute approximate surface area is 122 Å². The van der Waals surface area contributed by atoms with Crippen molar-refractivity contribution in [1.82, 2.24) is 9.78 Å². The molecule has 2 aromatic rings. The second-order valence-electron chi connectivity index (χ2n) is 4.52. The number of aliphatic hydroxyl groups is 1. The maximum absolute atomic E-state index is 11.9. The van der Waals surface area contributed by atoms with Crippen LogP contribution in [0.3, 0.4) is 0 Å². The van der Waals surface area contributed by atoms with Gasteiger partial charge in [0, 0.05) is 17.2 Å². The summed E-state index contributed by atoms with van der Waals surface area (Å²) in [6.07, 6.45) is 1.64. The van der Waals surface area contributed by atoms with Crippen molar-refractivity contribution in [3.05, 3.63) is 57.5 Å². The highest BCUT2D eigenvalue weighted by molar-refractivity contribution is 5.44. The largest absolute Gasteiger partial charge is 0.496 e. The highest BCUT2D eigenvalue weighted by atomic mass is 16.5. The Morgan fingerprint density at radius 3 is 2.86 bits per heavy atom. The Morgan fingerprint density at radius 1 is 1.38 bits per heavy atom. The summed E-state index contributed by atoms with van der Waals surface area (Å²) in [5, 5.41) is 12.9. The standard InChI is InChI=1S/C16H16N2O3/c1-12-8-16(20)18(17-10-12)11-14-9-13(4-3-7-19)5-6-15(14)21-2/h5-6,8-10,19H,7,11H2,1-2H3. The molecule has 0 aliphatic heterocycles. The average Bonchev–Trinajstić information content (AvgIpc) is 2.48. The minimum atomic E-state index is -0.194. The van der Waals surface area contributed by atoms with Gasteiger partial charge in [-0.05, 0) is 30.7 Å². The van der Waals surface area contributed by atoms with E-state index in [0.29, 0.717) is 12.3 Å². The Bertz CT molecular complexity index is 754. The summed E-state index contributed by atoms with van der Waals surface area (Å²) in [6.45, 7) is 1.93. The van der Waals surface area contributed by atoms with Gasteiger partial charge in [0.15, 0.2) is 0 Å². The van der Waals surface area contributed by atoms with Crippen LogP contribution in [0.4, 0.5) is 0 Å². The lowest BCUT2D eigenvalue weighted by Crippen LogP contribution is -2.23. The summed E-state index contributed by atoms with van der Waals surface area (Å²) in [4.78, 5) is 11.9. The van der Waals surface area contributed by atoms with Gasteiger partial charge in [0.05, 0.1) is 19.9 Å². The molecule has 1 N–H and O–H groups in total. The van der Waals surface area contributed by atoms with E-state index in [0.717, 1.165) is 16.7 Å². The molecule has 0 aliphatic rings. The molecule has 2 rings (SSSR count). The predicted molar refractivity (Wildman–Crippen MR) is 79.3 cm³/mol. The van der Waals surface area contributed by atoms with Crippen LogP contribution in [-0.2, 0) is 6.54 Å². The van der Waals surface area contributed by atoms with Gasteiger partial charge < -0.3 is 9.84 Å². The first-order valence-electron chi connectivity index (χ1n) is 6.44. The number of rotatable bonds is 3. The first-order chi connectivity index (χ1) is 10.1. The topological polar surface area (TPSA) is 64.3 Å². The highest BCUT2D eigenvalue weighted by Crippen LogP contribution is 2.20. The number of ether oxygens (including phenoxy) is 1. The molecule has 0 spiro atoms. The molecule has 0 atom stereocenters. The van der Waals surface area contributed by atoms with E-state index in [1.165, 1.54) is 10.7 Å². The number of aliphatic hydroxyl groups excluding tert-OH is 1. The zero-order valence-electron chi connectivity index (χ0n) is 12.0. The lowest BCUT2D eigenvalue weighted by Gasteiger charge is -2.10. The first-order valence-corrected chi connectivity index (χ1v) is 6.44. The fourth-order valence-corrected chi connectivity index (χ4v) is 1.93. The highest BCUT2D eigenvalue weighted by Gasteiger charge is 2.07. The molecular formula is C16H16N2O3. The van der Waals surface area contributed by atoms with Gasteiger partial charge in [-0.1, -0.05) is 11.8 Å². The predicted octanol–water partition coefficient (Wildman–Crippen LogP) is 0.952. The minimum Gasteiger partial charge on any atom is -0.496 e. The lowest BCUT2D eigenvalue weighted by atomic mass is 10.1. The SMILES string of the molecule is COc1ccc(C#CCO)cc1Cn1ncc(C)cc1=O. The molecule has 0 radical (unpaired) electrons. The second kappa shape index (κ2) is 6.73. The molecule has 0 bridgehead atoms. The molecule has 5 nitrogen and oxygen atoms in total. The van der Waals surface area contributed by atoms with E-state index in [1.807, 2.05) is 13.0 Å². The molecule has 0 amide bonds. The Morgan fingerprint density at radius 2 is 2.19 bits per heavy atom. The summed E-state index contributed by atoms with van der Waals surface area (Å²) in [7, 11) is 1.57. The Hall–Kier alpha value is -2.58. The van der Waals surface area contributed by atoms with Crippen LogP contribution in [0.5, 0.6) is 5.75 Å². The summed E-state index contributed by atoms with van der Waals surface area (Å²) in [5.74, 6) is 6.09. The summed E-state index contributed by atoms with van der Waals surface area (Å²) >= 11 is 0. The summed E-state index contributed by atoms with van der Waals surface area (Å²) in [6, 6.07) is 6.96. The Balaban J connectivity index is 2.39. The quantitative estimate of drug-likeness (QED) is 0.852. The fraction of sp³-hybridized carbons (Fsp3) is 0.250. The van der Waals surface area contributed by atoms with Gasteiger partial charge in [0.1, 0.15) is 12.4 Å². The third-order valence-electron chi connectivity index (χ3n) is 2.92. The van der Waals surface area contributed by atoms with E-state index in [9.17, 15) is 4.79 Å². The molecule has 108 valence electrons. The molecule has 5 heteroatoms. The molecule has 1 aromatic heterocycles. The van der Waals surface area contributed by atoms with Gasteiger partial charge in [-0.25, -0.2) is 4.68 Å². The van der Waals surface area contributed by atoms with Gasteiger partial charge in [-0.15, -0.1) is 0 Å². The number of methoxy groups -OCH3 is 1. The van der Waals surface area contributed by atoms with Crippen LogP contribution in [0.1, 0.15) is 16.7 Å². The van der Waals surface area contributed by atoms with E-state index < -0.39 is 0 Å². The number of hydrogen-bond acceptors (Lipinski definition) is 4. The normalized spacial score (nSPS) is 9.86. The van der Waals surface area contributed by atoms with Gasteiger partial charge in [0.25, 0.3) is 5.56 Å². The van der Waals surface area contributed by atoms with Crippen molar-refractivity contribution in [1.29, 1.82) is 0 Å². The van der Waals surface area contributed by atoms with Crippen molar-refractivity contribution in [3.63, 3.8) is 0 Å². The molecule has 0 saturated heterocycles. The summed E-state index contributed by atoms with van der Waals surface area (Å²) in [5.41, 5.74) is 2.22. The smallest absolute Gasteiger partial charge is 0.267 e. The number of hydrogen-bond donors (Lipinski definition) is 1. The molecular weight excluding hydrogens is 268 g/mol. The van der Waals surface area contributed by atoms with Crippen molar-refractivity contribution in [2.75, 3.05) is 13.7 Å². The number of nitrogens with zero attached hydrogens (tertiary/aromatic N) is 2. The van der Waals surface area contributed by atoms with Crippen molar-refractivity contribution in [3.8, 4) is 17.6 Å². The van der Waals surface area contributed by atoms with Crippen LogP contribution in [0, 0.1) is 18.8 Å². The number of benzene rings is 1. The third kappa shape index (κ3) is 3.71. The molecule has 1 aromatic carbocycles. The molecule has 21 heavy (non-hydrogen) atoms. The fourth-order valence-electron chi connectivity index (χ4n) is 1.93. The van der Waals surface area contributed by atoms with E-state index >= 15 is 0 Å². The van der Waals surface area contributed by atoms with Crippen LogP contribution < -0.4 is 10.3 Å². The molecule has 0 aliphatic carbocycles. The van der Waals surface area contributed by atoms with Gasteiger partial charge >= 0.3 is 0 Å². The molecule has 0 saturated carbocycles. The molecule has 0 fully saturated rings. The second-order valence-corrected chi connectivity index (χ2v) is 4.52. The zero-order chi connectivity index (χ0) is 15.2. The third-order valence-corrected chi connectivity index (χ3v) is 2.92. The van der Waals surface area contributed by atoms with Crippen molar-refractivity contribution < 1.29 is 9.84 Å². The zero-order valence-corrected chi connectivity index (χ0v) is 12.0. The number of aromatic nitrogens is 2. The van der Waals surface area contributed by atoms with E-state index in [4.69, 9.17) is 9.84 Å². The van der Waals surface area contributed by atoms with Crippen LogP contribution in [-0.4, -0.2) is 28.6 Å². The number of aryl methyl sites for hydroxylation is 1. The lowest BCUT2D eigenvalue weighted by molar-refractivity contribution is 0.350. The van der Waals surface area contributed by atoms with Crippen molar-refractivity contribution >= 4 is 0 Å². The average molecular weight is 284 g/mol. The monoisotopic (exact) mass is 284 g/mol. The molecule has 0 unspecified atom stereocenters. The maximum atomic E-state index is 11.9. The minimum absolute atomic E-state index is 0.163. The van der Waals surface area contributed by atoms with Gasteiger partial charge in [-0.2, -0.15) is 5.10 Å². The van der Waals surface area contributed by atoms with Crippen LogP contribution in [0.25, 0.3) is 0 Å². The molecule has 1 heterocycles. The van der Waals surface area contributed by atoms with E-state index in [-0.39, 0.29) is 12.2 Å². The summed E-state index contributed by atoms with van der Waals surface area (Å²) < 4.78 is 6.67. The van der Waals surface area contributed by atoms with Crippen LogP contribution in [0.2, 0.25) is 0 Å². The maximum Gasteiger partial charge on any atom is 0.267 e. The first kappa shape index (κ1) is 14.8. The Kier molecular flexibility index (Phi) is 4.75. The van der Waals surface area contributed by atoms with Crippen molar-refractivity contribution in [2.45, 2.75) is 13.5 Å².